The molecule has 1 aromatic carbocycles. The predicted octanol–water partition coefficient (Wildman–Crippen LogP) is 4.22. The highest BCUT2D eigenvalue weighted by Gasteiger charge is 2.33. The first-order valence-corrected chi connectivity index (χ1v) is 12.3. The molecule has 0 radical (unpaired) electrons. The summed E-state index contributed by atoms with van der Waals surface area (Å²) in [7, 11) is 2.09. The van der Waals surface area contributed by atoms with Crippen molar-refractivity contribution >= 4 is 16.9 Å². The van der Waals surface area contributed by atoms with E-state index in [1.165, 1.54) is 5.56 Å². The van der Waals surface area contributed by atoms with Crippen LogP contribution in [0.4, 0.5) is 0 Å². The summed E-state index contributed by atoms with van der Waals surface area (Å²) in [6, 6.07) is 18.3. The topological polar surface area (TPSA) is 99.7 Å². The molecule has 1 aliphatic heterocycles. The Hall–Kier alpha value is -4.43. The Bertz CT molecular complexity index is 1580. The quantitative estimate of drug-likeness (QED) is 0.384. The first kappa shape index (κ1) is 23.0. The van der Waals surface area contributed by atoms with Gasteiger partial charge in [-0.2, -0.15) is 5.10 Å². The van der Waals surface area contributed by atoms with E-state index in [0.717, 1.165) is 46.6 Å². The maximum absolute atomic E-state index is 13.4. The average Bonchev–Trinajstić information content (AvgIpc) is 3.52. The minimum absolute atomic E-state index is 0.0208. The van der Waals surface area contributed by atoms with E-state index in [4.69, 9.17) is 0 Å². The number of hydrogen-bond acceptors (Lipinski definition) is 6. The lowest BCUT2D eigenvalue weighted by molar-refractivity contribution is 0.0935. The third-order valence-corrected chi connectivity index (χ3v) is 7.00. The second-order valence-corrected chi connectivity index (χ2v) is 9.65. The number of carbonyl (C=O) groups excluding carboxylic acids is 1. The summed E-state index contributed by atoms with van der Waals surface area (Å²) in [5.74, 6) is 0.0414. The normalized spacial score (nSPS) is 17.8. The van der Waals surface area contributed by atoms with E-state index >= 15 is 0 Å². The molecule has 4 aromatic heterocycles. The molecule has 6 rings (SSSR count). The lowest BCUT2D eigenvalue weighted by atomic mass is 9.91. The molecule has 184 valence electrons. The molecule has 37 heavy (non-hydrogen) atoms. The first-order valence-electron chi connectivity index (χ1n) is 12.3. The van der Waals surface area contributed by atoms with E-state index in [9.17, 15) is 4.79 Å². The van der Waals surface area contributed by atoms with Crippen molar-refractivity contribution in [1.82, 2.24) is 35.4 Å². The molecular formula is C29H27N7O. The maximum Gasteiger partial charge on any atom is 0.253 e. The number of rotatable bonds is 5. The summed E-state index contributed by atoms with van der Waals surface area (Å²) in [4.78, 5) is 28.6. The van der Waals surface area contributed by atoms with Crippen molar-refractivity contribution in [2.24, 2.45) is 0 Å². The van der Waals surface area contributed by atoms with E-state index in [1.807, 2.05) is 37.3 Å². The number of H-pyrrole nitrogens is 1. The zero-order chi connectivity index (χ0) is 25.4. The van der Waals surface area contributed by atoms with Crippen LogP contribution >= 0.6 is 0 Å². The number of nitrogens with one attached hydrogen (secondary N) is 2. The summed E-state index contributed by atoms with van der Waals surface area (Å²) >= 11 is 0. The van der Waals surface area contributed by atoms with Crippen LogP contribution in [0.5, 0.6) is 0 Å². The second-order valence-electron chi connectivity index (χ2n) is 9.65. The molecule has 8 nitrogen and oxygen atoms in total. The fourth-order valence-electron chi connectivity index (χ4n) is 5.17. The molecule has 0 spiro atoms. The van der Waals surface area contributed by atoms with Crippen LogP contribution < -0.4 is 5.32 Å². The number of pyridine rings is 3. The van der Waals surface area contributed by atoms with Gasteiger partial charge in [0.15, 0.2) is 5.65 Å². The highest BCUT2D eigenvalue weighted by atomic mass is 16.1. The maximum atomic E-state index is 13.4. The number of hydrogen-bond donors (Lipinski definition) is 2. The van der Waals surface area contributed by atoms with Gasteiger partial charge in [-0.3, -0.25) is 19.9 Å². The minimum atomic E-state index is -0.136. The molecule has 2 atom stereocenters. The minimum Gasteiger partial charge on any atom is -0.347 e. The Morgan fingerprint density at radius 2 is 1.81 bits per heavy atom. The van der Waals surface area contributed by atoms with Crippen molar-refractivity contribution in [2.75, 3.05) is 20.1 Å². The standard InChI is InChI=1S/C29H27N7O/c1-18-12-22(8-11-31-18)27-24-14-23(15-32-28(24)35-34-27)29(37)33-26-17-36(2)16-25(26)21-5-3-4-20(13-21)19-6-9-30-10-7-19/h3-15,25-26H,16-17H2,1-2H3,(H,33,37)(H,32,34,35). The first-order chi connectivity index (χ1) is 18.0. The number of aromatic nitrogens is 5. The number of likely N-dealkylation sites (tertiary alicyclic amines) is 1. The van der Waals surface area contributed by atoms with Crippen LogP contribution in [0.3, 0.4) is 0 Å². The van der Waals surface area contributed by atoms with Gasteiger partial charge in [-0.25, -0.2) is 4.98 Å². The number of amides is 1. The molecule has 1 saturated heterocycles. The van der Waals surface area contributed by atoms with Crippen molar-refractivity contribution in [3.63, 3.8) is 0 Å². The van der Waals surface area contributed by atoms with Gasteiger partial charge in [0.2, 0.25) is 0 Å². The van der Waals surface area contributed by atoms with E-state index in [2.05, 4.69) is 66.7 Å². The lowest BCUT2D eigenvalue weighted by Crippen LogP contribution is -2.39. The molecule has 2 N–H and O–H groups in total. The zero-order valence-electron chi connectivity index (χ0n) is 20.7. The molecular weight excluding hydrogens is 462 g/mol. The number of nitrogens with zero attached hydrogens (tertiary/aromatic N) is 5. The Morgan fingerprint density at radius 1 is 0.973 bits per heavy atom. The number of benzene rings is 1. The molecule has 0 bridgehead atoms. The summed E-state index contributed by atoms with van der Waals surface area (Å²) in [6.07, 6.45) is 6.98. The van der Waals surface area contributed by atoms with E-state index in [1.54, 1.807) is 24.8 Å². The van der Waals surface area contributed by atoms with Crippen LogP contribution in [0, 0.1) is 6.92 Å². The third-order valence-electron chi connectivity index (χ3n) is 7.00. The molecule has 1 fully saturated rings. The van der Waals surface area contributed by atoms with E-state index < -0.39 is 0 Å². The molecule has 0 saturated carbocycles. The SMILES string of the molecule is Cc1cc(-c2n[nH]c3ncc(C(=O)NC4CN(C)CC4c4cccc(-c5ccncc5)c4)cc23)ccn1. The van der Waals surface area contributed by atoms with Gasteiger partial charge in [-0.05, 0) is 61.0 Å². The zero-order valence-corrected chi connectivity index (χ0v) is 20.7. The monoisotopic (exact) mass is 489 g/mol. The molecule has 2 unspecified atom stereocenters. The number of aromatic amines is 1. The lowest BCUT2D eigenvalue weighted by Gasteiger charge is -2.21. The summed E-state index contributed by atoms with van der Waals surface area (Å²) < 4.78 is 0. The molecule has 5 heterocycles. The Labute approximate surface area is 214 Å². The molecule has 1 amide bonds. The van der Waals surface area contributed by atoms with Gasteiger partial charge in [0.05, 0.1) is 5.56 Å². The van der Waals surface area contributed by atoms with Crippen LogP contribution in [0.15, 0.2) is 79.4 Å². The fourth-order valence-corrected chi connectivity index (χ4v) is 5.17. The number of carbonyl (C=O) groups is 1. The van der Waals surface area contributed by atoms with Gasteiger partial charge in [-0.1, -0.05) is 24.3 Å². The highest BCUT2D eigenvalue weighted by Crippen LogP contribution is 2.31. The van der Waals surface area contributed by atoms with Crippen LogP contribution in [-0.4, -0.2) is 62.1 Å². The van der Waals surface area contributed by atoms with Gasteiger partial charge >= 0.3 is 0 Å². The van der Waals surface area contributed by atoms with Gasteiger partial charge in [-0.15, -0.1) is 0 Å². The largest absolute Gasteiger partial charge is 0.347 e. The van der Waals surface area contributed by atoms with Crippen LogP contribution in [0.1, 0.15) is 27.5 Å². The highest BCUT2D eigenvalue weighted by molar-refractivity contribution is 6.00. The smallest absolute Gasteiger partial charge is 0.253 e. The molecule has 8 heteroatoms. The number of aryl methyl sites for hydroxylation is 1. The second kappa shape index (κ2) is 9.55. The van der Waals surface area contributed by atoms with Gasteiger partial charge < -0.3 is 10.2 Å². The Kier molecular flexibility index (Phi) is 5.94. The van der Waals surface area contributed by atoms with Crippen molar-refractivity contribution in [2.45, 2.75) is 18.9 Å². The van der Waals surface area contributed by atoms with Crippen LogP contribution in [-0.2, 0) is 0 Å². The van der Waals surface area contributed by atoms with E-state index in [-0.39, 0.29) is 17.9 Å². The van der Waals surface area contributed by atoms with Crippen molar-refractivity contribution in [3.05, 3.63) is 96.2 Å². The van der Waals surface area contributed by atoms with Gasteiger partial charge in [0.1, 0.15) is 5.69 Å². The summed E-state index contributed by atoms with van der Waals surface area (Å²) in [5, 5.41) is 11.5. The molecule has 5 aromatic rings. The Balaban J connectivity index is 1.27. The molecule has 0 aliphatic carbocycles. The summed E-state index contributed by atoms with van der Waals surface area (Å²) in [5.41, 5.74) is 7.24. The van der Waals surface area contributed by atoms with Crippen LogP contribution in [0.2, 0.25) is 0 Å². The Morgan fingerprint density at radius 3 is 2.65 bits per heavy atom. The predicted molar refractivity (Wildman–Crippen MR) is 143 cm³/mol. The summed E-state index contributed by atoms with van der Waals surface area (Å²) in [6.45, 7) is 3.59. The van der Waals surface area contributed by atoms with Crippen molar-refractivity contribution in [3.8, 4) is 22.4 Å². The van der Waals surface area contributed by atoms with Crippen molar-refractivity contribution < 1.29 is 4.79 Å². The van der Waals surface area contributed by atoms with Gasteiger partial charge in [0, 0.05) is 66.5 Å². The third kappa shape index (κ3) is 4.59. The van der Waals surface area contributed by atoms with Gasteiger partial charge in [0.25, 0.3) is 5.91 Å². The fraction of sp³-hybridized carbons (Fsp3) is 0.207. The van der Waals surface area contributed by atoms with Crippen molar-refractivity contribution in [1.29, 1.82) is 0 Å². The van der Waals surface area contributed by atoms with Crippen LogP contribution in [0.25, 0.3) is 33.4 Å². The molecule has 1 aliphatic rings. The van der Waals surface area contributed by atoms with E-state index in [0.29, 0.717) is 11.2 Å². The average molecular weight is 490 g/mol. The number of fused-ring (bicyclic) bond motifs is 1. The number of likely N-dealkylation sites (N-methyl/N-ethyl adjacent to an activating group) is 1.